The summed E-state index contributed by atoms with van der Waals surface area (Å²) in [5.74, 6) is -0.102. The second kappa shape index (κ2) is 6.50. The average Bonchev–Trinajstić information content (AvgIpc) is 2.36. The Morgan fingerprint density at radius 2 is 2.00 bits per heavy atom. The third-order valence-corrected chi connectivity index (χ3v) is 3.97. The molecule has 18 heavy (non-hydrogen) atoms. The molecule has 5 nitrogen and oxygen atoms in total. The molecule has 0 radical (unpaired) electrons. The molecule has 1 unspecified atom stereocenters. The number of sulfonamides is 1. The van der Waals surface area contributed by atoms with Crippen LogP contribution in [0, 0.1) is 11.3 Å². The molecule has 0 spiro atoms. The lowest BCUT2D eigenvalue weighted by molar-refractivity contribution is 0.542. The molecule has 1 aromatic carbocycles. The molecule has 0 aliphatic carbocycles. The lowest BCUT2D eigenvalue weighted by atomic mass is 10.2. The van der Waals surface area contributed by atoms with E-state index in [1.807, 2.05) is 13.0 Å². The quantitative estimate of drug-likeness (QED) is 0.793. The third-order valence-electron chi connectivity index (χ3n) is 2.56. The normalized spacial score (nSPS) is 12.9. The molecule has 1 rings (SSSR count). The van der Waals surface area contributed by atoms with E-state index in [0.717, 1.165) is 0 Å². The minimum atomic E-state index is -3.39. The molecule has 98 valence electrons. The van der Waals surface area contributed by atoms with E-state index in [9.17, 15) is 8.42 Å². The summed E-state index contributed by atoms with van der Waals surface area (Å²) in [6, 6.07) is 8.24. The highest BCUT2D eigenvalue weighted by Crippen LogP contribution is 2.08. The van der Waals surface area contributed by atoms with Gasteiger partial charge in [-0.25, -0.2) is 13.1 Å². The van der Waals surface area contributed by atoms with Gasteiger partial charge in [0, 0.05) is 12.6 Å². The van der Waals surface area contributed by atoms with Gasteiger partial charge in [0.05, 0.1) is 17.4 Å². The molecule has 0 aliphatic heterocycles. The van der Waals surface area contributed by atoms with Crippen LogP contribution in [-0.4, -0.2) is 21.0 Å². The lowest BCUT2D eigenvalue weighted by Gasteiger charge is -2.14. The van der Waals surface area contributed by atoms with Crippen LogP contribution in [0.25, 0.3) is 0 Å². The van der Waals surface area contributed by atoms with Crippen LogP contribution in [0.2, 0.25) is 0 Å². The van der Waals surface area contributed by atoms with Gasteiger partial charge in [0.15, 0.2) is 0 Å². The predicted molar refractivity (Wildman–Crippen MR) is 70.0 cm³/mol. The Morgan fingerprint density at radius 1 is 1.39 bits per heavy atom. The van der Waals surface area contributed by atoms with Crippen LogP contribution >= 0.6 is 0 Å². The molecule has 6 heteroatoms. The van der Waals surface area contributed by atoms with E-state index in [0.29, 0.717) is 17.5 Å². The van der Waals surface area contributed by atoms with Gasteiger partial charge in [0.25, 0.3) is 0 Å². The van der Waals surface area contributed by atoms with E-state index in [4.69, 9.17) is 11.0 Å². The number of nitrogens with one attached hydrogen (secondary N) is 1. The van der Waals surface area contributed by atoms with Crippen LogP contribution in [0.1, 0.15) is 24.5 Å². The first-order valence-corrected chi connectivity index (χ1v) is 7.35. The fraction of sp³-hybridized carbons (Fsp3) is 0.417. The zero-order valence-electron chi connectivity index (χ0n) is 10.3. The summed E-state index contributed by atoms with van der Waals surface area (Å²) in [6.07, 6.45) is 0.656. The summed E-state index contributed by atoms with van der Waals surface area (Å²) < 4.78 is 26.3. The molecule has 0 aliphatic rings. The van der Waals surface area contributed by atoms with E-state index in [2.05, 4.69) is 4.72 Å². The van der Waals surface area contributed by atoms with Gasteiger partial charge in [-0.2, -0.15) is 5.26 Å². The van der Waals surface area contributed by atoms with Gasteiger partial charge in [-0.3, -0.25) is 0 Å². The van der Waals surface area contributed by atoms with E-state index < -0.39 is 10.0 Å². The second-order valence-electron chi connectivity index (χ2n) is 4.03. The van der Waals surface area contributed by atoms with Crippen molar-refractivity contribution in [3.05, 3.63) is 35.4 Å². The minimum absolute atomic E-state index is 0.102. The molecular formula is C12H17N3O2S. The summed E-state index contributed by atoms with van der Waals surface area (Å²) in [5.41, 5.74) is 6.62. The number of hydrogen-bond donors (Lipinski definition) is 2. The van der Waals surface area contributed by atoms with Crippen molar-refractivity contribution in [3.8, 4) is 6.07 Å². The Bertz CT molecular complexity index is 513. The number of nitriles is 1. The highest BCUT2D eigenvalue weighted by atomic mass is 32.2. The van der Waals surface area contributed by atoms with Crippen LogP contribution < -0.4 is 10.5 Å². The number of nitrogens with zero attached hydrogens (tertiary/aromatic N) is 1. The molecule has 0 saturated carbocycles. The van der Waals surface area contributed by atoms with Crippen LogP contribution in [-0.2, 0) is 15.8 Å². The zero-order chi connectivity index (χ0) is 13.6. The van der Waals surface area contributed by atoms with Gasteiger partial charge >= 0.3 is 0 Å². The summed E-state index contributed by atoms with van der Waals surface area (Å²) in [4.78, 5) is 0. The largest absolute Gasteiger partial charge is 0.329 e. The minimum Gasteiger partial charge on any atom is -0.329 e. The second-order valence-corrected chi connectivity index (χ2v) is 5.78. The standard InChI is InChI=1S/C12H17N3O2S/c1-2-12(8-14)15-18(16,17)9-11-5-3-10(7-13)4-6-11/h3-6,12,15H,2,8-9,14H2,1H3. The molecule has 0 fully saturated rings. The van der Waals surface area contributed by atoms with Crippen molar-refractivity contribution < 1.29 is 8.42 Å². The van der Waals surface area contributed by atoms with Gasteiger partial charge < -0.3 is 5.73 Å². The van der Waals surface area contributed by atoms with E-state index in [1.54, 1.807) is 24.3 Å². The summed E-state index contributed by atoms with van der Waals surface area (Å²) in [7, 11) is -3.39. The topological polar surface area (TPSA) is 96.0 Å². The lowest BCUT2D eigenvalue weighted by Crippen LogP contribution is -2.40. The van der Waals surface area contributed by atoms with Crippen molar-refractivity contribution >= 4 is 10.0 Å². The predicted octanol–water partition coefficient (Wildman–Crippen LogP) is 0.715. The Morgan fingerprint density at radius 3 is 2.44 bits per heavy atom. The van der Waals surface area contributed by atoms with E-state index in [1.165, 1.54) is 0 Å². The SMILES string of the molecule is CCC(CN)NS(=O)(=O)Cc1ccc(C#N)cc1. The van der Waals surface area contributed by atoms with Crippen molar-refractivity contribution in [2.24, 2.45) is 5.73 Å². The Hall–Kier alpha value is -1.42. The third kappa shape index (κ3) is 4.45. The molecule has 1 atom stereocenters. The van der Waals surface area contributed by atoms with E-state index in [-0.39, 0.29) is 18.3 Å². The maximum atomic E-state index is 11.9. The highest BCUT2D eigenvalue weighted by Gasteiger charge is 2.16. The molecule has 0 aromatic heterocycles. The van der Waals surface area contributed by atoms with Crippen molar-refractivity contribution in [1.82, 2.24) is 4.72 Å². The number of benzene rings is 1. The fourth-order valence-corrected chi connectivity index (χ4v) is 2.97. The molecule has 1 aromatic rings. The summed E-state index contributed by atoms with van der Waals surface area (Å²) in [5, 5.41) is 8.65. The molecule has 0 saturated heterocycles. The smallest absolute Gasteiger partial charge is 0.216 e. The van der Waals surface area contributed by atoms with Gasteiger partial charge in [0.2, 0.25) is 10.0 Å². The summed E-state index contributed by atoms with van der Waals surface area (Å²) in [6.45, 7) is 2.16. The van der Waals surface area contributed by atoms with Crippen LogP contribution in [0.5, 0.6) is 0 Å². The number of rotatable bonds is 6. The first-order valence-electron chi connectivity index (χ1n) is 5.70. The van der Waals surface area contributed by atoms with Crippen molar-refractivity contribution in [3.63, 3.8) is 0 Å². The summed E-state index contributed by atoms with van der Waals surface area (Å²) >= 11 is 0. The zero-order valence-corrected chi connectivity index (χ0v) is 11.1. The maximum absolute atomic E-state index is 11.9. The first-order chi connectivity index (χ1) is 8.50. The van der Waals surface area contributed by atoms with Gasteiger partial charge in [-0.1, -0.05) is 19.1 Å². The van der Waals surface area contributed by atoms with Crippen LogP contribution in [0.4, 0.5) is 0 Å². The van der Waals surface area contributed by atoms with Crippen molar-refractivity contribution in [1.29, 1.82) is 5.26 Å². The van der Waals surface area contributed by atoms with Gasteiger partial charge in [0.1, 0.15) is 0 Å². The Balaban J connectivity index is 2.73. The molecule has 0 amide bonds. The fourth-order valence-electron chi connectivity index (χ4n) is 1.49. The van der Waals surface area contributed by atoms with Crippen LogP contribution in [0.15, 0.2) is 24.3 Å². The molecule has 0 bridgehead atoms. The molecule has 0 heterocycles. The van der Waals surface area contributed by atoms with Crippen LogP contribution in [0.3, 0.4) is 0 Å². The highest BCUT2D eigenvalue weighted by molar-refractivity contribution is 7.88. The Labute approximate surface area is 108 Å². The molecule has 3 N–H and O–H groups in total. The first kappa shape index (κ1) is 14.6. The number of hydrogen-bond acceptors (Lipinski definition) is 4. The van der Waals surface area contributed by atoms with Gasteiger partial charge in [-0.05, 0) is 24.1 Å². The number of nitrogens with two attached hydrogens (primary N) is 1. The monoisotopic (exact) mass is 267 g/mol. The molecular weight excluding hydrogens is 250 g/mol. The van der Waals surface area contributed by atoms with Crippen molar-refractivity contribution in [2.45, 2.75) is 25.1 Å². The Kier molecular flexibility index (Phi) is 5.28. The maximum Gasteiger partial charge on any atom is 0.216 e. The average molecular weight is 267 g/mol. The van der Waals surface area contributed by atoms with Gasteiger partial charge in [-0.15, -0.1) is 0 Å². The van der Waals surface area contributed by atoms with E-state index >= 15 is 0 Å². The van der Waals surface area contributed by atoms with Crippen molar-refractivity contribution in [2.75, 3.05) is 6.54 Å².